The first-order chi connectivity index (χ1) is 7.26. The van der Waals surface area contributed by atoms with Crippen LogP contribution in [0, 0.1) is 0 Å². The lowest BCUT2D eigenvalue weighted by Gasteiger charge is -2.15. The fraction of sp³-hybridized carbons (Fsp3) is 1.00. The van der Waals surface area contributed by atoms with E-state index in [1.807, 2.05) is 0 Å². The maximum absolute atomic E-state index is 5.80. The Hall–Kier alpha value is -0.200. The van der Waals surface area contributed by atoms with Crippen molar-refractivity contribution in [2.75, 3.05) is 19.8 Å². The van der Waals surface area contributed by atoms with Crippen molar-refractivity contribution in [3.05, 3.63) is 0 Å². The van der Waals surface area contributed by atoms with Gasteiger partial charge in [0, 0.05) is 6.04 Å². The summed E-state index contributed by atoms with van der Waals surface area (Å²) in [6, 6.07) is 0.0655. The molecule has 0 aliphatic carbocycles. The summed E-state index contributed by atoms with van der Waals surface area (Å²) in [5.41, 5.74) is 11.2. The van der Waals surface area contributed by atoms with Crippen LogP contribution in [0.15, 0.2) is 0 Å². The fourth-order valence-electron chi connectivity index (χ4n) is 1.50. The highest BCUT2D eigenvalue weighted by Crippen LogP contribution is 2.15. The van der Waals surface area contributed by atoms with Crippen molar-refractivity contribution < 1.29 is 14.2 Å². The summed E-state index contributed by atoms with van der Waals surface area (Å²) >= 11 is 0. The Morgan fingerprint density at radius 3 is 3.00 bits per heavy atom. The first kappa shape index (κ1) is 12.9. The number of nitrogens with two attached hydrogens (primary N) is 2. The molecule has 1 aliphatic rings. The van der Waals surface area contributed by atoms with Crippen LogP contribution in [0.3, 0.4) is 0 Å². The van der Waals surface area contributed by atoms with Crippen LogP contribution in [0.4, 0.5) is 0 Å². The van der Waals surface area contributed by atoms with E-state index in [0.717, 1.165) is 19.3 Å². The number of hydrogen-bond donors (Lipinski definition) is 2. The third kappa shape index (κ3) is 4.90. The molecule has 0 radical (unpaired) electrons. The molecule has 3 atom stereocenters. The number of hydrogen-bond acceptors (Lipinski definition) is 5. The molecule has 0 aromatic carbocycles. The highest BCUT2D eigenvalue weighted by molar-refractivity contribution is 4.63. The van der Waals surface area contributed by atoms with E-state index in [4.69, 9.17) is 25.7 Å². The smallest absolute Gasteiger partial charge is 0.272 e. The second-order valence-electron chi connectivity index (χ2n) is 3.84. The van der Waals surface area contributed by atoms with Crippen LogP contribution in [0.5, 0.6) is 0 Å². The topological polar surface area (TPSA) is 79.7 Å². The Balaban J connectivity index is 2.08. The molecular weight excluding hydrogens is 196 g/mol. The first-order valence-corrected chi connectivity index (χ1v) is 5.60. The van der Waals surface area contributed by atoms with Gasteiger partial charge in [-0.25, -0.2) is 0 Å². The minimum absolute atomic E-state index is 0.0655. The van der Waals surface area contributed by atoms with Crippen molar-refractivity contribution in [2.24, 2.45) is 11.5 Å². The molecule has 3 unspecified atom stereocenters. The molecule has 1 aliphatic heterocycles. The molecule has 0 bridgehead atoms. The van der Waals surface area contributed by atoms with Gasteiger partial charge in [0.25, 0.3) is 6.48 Å². The highest BCUT2D eigenvalue weighted by Gasteiger charge is 2.26. The summed E-state index contributed by atoms with van der Waals surface area (Å²) in [6.07, 6.45) is 2.90. The molecule has 0 aromatic heterocycles. The van der Waals surface area contributed by atoms with E-state index in [1.54, 1.807) is 0 Å². The Morgan fingerprint density at radius 1 is 1.53 bits per heavy atom. The molecule has 0 saturated carbocycles. The second-order valence-corrected chi connectivity index (χ2v) is 3.84. The van der Waals surface area contributed by atoms with Gasteiger partial charge in [0.05, 0.1) is 19.3 Å². The largest absolute Gasteiger partial charge is 0.330 e. The summed E-state index contributed by atoms with van der Waals surface area (Å²) < 4.78 is 16.1. The van der Waals surface area contributed by atoms with Crippen LogP contribution in [0.2, 0.25) is 0 Å². The Bertz CT molecular complexity index is 169. The standard InChI is InChI=1S/C10H22N2O3/c1-2-3-8(12)6-13-10-14-7-9(15-10)4-5-11/h8-10H,2-7,11-12H2,1H3. The molecule has 1 fully saturated rings. The van der Waals surface area contributed by atoms with E-state index in [1.165, 1.54) is 0 Å². The highest BCUT2D eigenvalue weighted by atomic mass is 16.9. The molecule has 5 nitrogen and oxygen atoms in total. The van der Waals surface area contributed by atoms with Gasteiger partial charge >= 0.3 is 0 Å². The zero-order valence-corrected chi connectivity index (χ0v) is 9.35. The summed E-state index contributed by atoms with van der Waals surface area (Å²) in [4.78, 5) is 0. The van der Waals surface area contributed by atoms with Crippen molar-refractivity contribution in [3.63, 3.8) is 0 Å². The summed E-state index contributed by atoms with van der Waals surface area (Å²) in [6.45, 7) is 3.19. The maximum Gasteiger partial charge on any atom is 0.272 e. The van der Waals surface area contributed by atoms with Gasteiger partial charge in [-0.2, -0.15) is 0 Å². The number of rotatable bonds is 7. The molecule has 1 heterocycles. The van der Waals surface area contributed by atoms with Crippen LogP contribution < -0.4 is 11.5 Å². The normalized spacial score (nSPS) is 28.2. The van der Waals surface area contributed by atoms with Crippen LogP contribution in [0.1, 0.15) is 26.2 Å². The molecule has 1 rings (SSSR count). The average Bonchev–Trinajstić information content (AvgIpc) is 2.64. The maximum atomic E-state index is 5.80. The van der Waals surface area contributed by atoms with Gasteiger partial charge in [-0.3, -0.25) is 0 Å². The minimum atomic E-state index is -0.551. The first-order valence-electron chi connectivity index (χ1n) is 5.60. The second kappa shape index (κ2) is 7.14. The minimum Gasteiger partial charge on any atom is -0.330 e. The SMILES string of the molecule is CCCC(N)COC1OCC(CCN)O1. The monoisotopic (exact) mass is 218 g/mol. The lowest BCUT2D eigenvalue weighted by atomic mass is 10.2. The van der Waals surface area contributed by atoms with Crippen LogP contribution in [-0.2, 0) is 14.2 Å². The molecular formula is C10H22N2O3. The molecule has 1 saturated heterocycles. The van der Waals surface area contributed by atoms with E-state index < -0.39 is 6.48 Å². The fourth-order valence-corrected chi connectivity index (χ4v) is 1.50. The summed E-state index contributed by atoms with van der Waals surface area (Å²) in [5, 5.41) is 0. The van der Waals surface area contributed by atoms with Crippen LogP contribution >= 0.6 is 0 Å². The van der Waals surface area contributed by atoms with Crippen molar-refractivity contribution >= 4 is 0 Å². The molecule has 0 spiro atoms. The van der Waals surface area contributed by atoms with Crippen molar-refractivity contribution in [2.45, 2.75) is 44.8 Å². The lowest BCUT2D eigenvalue weighted by Crippen LogP contribution is -2.29. The lowest BCUT2D eigenvalue weighted by molar-refractivity contribution is -0.239. The predicted octanol–water partition coefficient (Wildman–Crippen LogP) is 0.178. The zero-order valence-electron chi connectivity index (χ0n) is 9.35. The van der Waals surface area contributed by atoms with E-state index >= 15 is 0 Å². The van der Waals surface area contributed by atoms with E-state index in [-0.39, 0.29) is 12.1 Å². The summed E-state index contributed by atoms with van der Waals surface area (Å²) in [7, 11) is 0. The van der Waals surface area contributed by atoms with Gasteiger partial charge in [-0.15, -0.1) is 0 Å². The Labute approximate surface area is 91.0 Å². The Kier molecular flexibility index (Phi) is 6.12. The van der Waals surface area contributed by atoms with Crippen molar-refractivity contribution in [1.29, 1.82) is 0 Å². The van der Waals surface area contributed by atoms with E-state index in [0.29, 0.717) is 19.8 Å². The third-order valence-corrected chi connectivity index (χ3v) is 2.32. The van der Waals surface area contributed by atoms with Gasteiger partial charge in [-0.1, -0.05) is 13.3 Å². The van der Waals surface area contributed by atoms with Gasteiger partial charge in [-0.05, 0) is 19.4 Å². The zero-order chi connectivity index (χ0) is 11.1. The Morgan fingerprint density at radius 2 is 2.33 bits per heavy atom. The third-order valence-electron chi connectivity index (χ3n) is 2.32. The van der Waals surface area contributed by atoms with Crippen molar-refractivity contribution in [3.8, 4) is 0 Å². The quantitative estimate of drug-likeness (QED) is 0.637. The van der Waals surface area contributed by atoms with Crippen LogP contribution in [0.25, 0.3) is 0 Å². The molecule has 90 valence electrons. The molecule has 0 aromatic rings. The van der Waals surface area contributed by atoms with Gasteiger partial charge in [0.15, 0.2) is 0 Å². The van der Waals surface area contributed by atoms with Gasteiger partial charge in [0.2, 0.25) is 0 Å². The van der Waals surface area contributed by atoms with E-state index in [2.05, 4.69) is 6.92 Å². The van der Waals surface area contributed by atoms with E-state index in [9.17, 15) is 0 Å². The molecule has 0 amide bonds. The molecule has 5 heteroatoms. The van der Waals surface area contributed by atoms with Crippen molar-refractivity contribution in [1.82, 2.24) is 0 Å². The van der Waals surface area contributed by atoms with Gasteiger partial charge in [0.1, 0.15) is 0 Å². The molecule has 15 heavy (non-hydrogen) atoms. The predicted molar refractivity (Wildman–Crippen MR) is 57.1 cm³/mol. The molecule has 4 N–H and O–H groups in total. The number of ether oxygens (including phenoxy) is 3. The average molecular weight is 218 g/mol. The van der Waals surface area contributed by atoms with Gasteiger partial charge < -0.3 is 25.7 Å². The summed E-state index contributed by atoms with van der Waals surface area (Å²) in [5.74, 6) is 0. The van der Waals surface area contributed by atoms with Crippen LogP contribution in [-0.4, -0.2) is 38.4 Å².